The molecule has 15 heavy (non-hydrogen) atoms. The summed E-state index contributed by atoms with van der Waals surface area (Å²) < 4.78 is 0. The number of aromatic nitrogens is 2. The zero-order valence-electron chi connectivity index (χ0n) is 8.60. The van der Waals surface area contributed by atoms with E-state index >= 15 is 0 Å². The summed E-state index contributed by atoms with van der Waals surface area (Å²) in [5, 5.41) is 18.3. The third kappa shape index (κ3) is 3.57. The van der Waals surface area contributed by atoms with Crippen LogP contribution in [-0.2, 0) is 0 Å². The maximum Gasteiger partial charge on any atom is 0.208 e. The molecule has 0 fully saturated rings. The molecule has 1 heterocycles. The fraction of sp³-hybridized carbons (Fsp3) is 0.500. The number of hydrogen-bond acceptors (Lipinski definition) is 5. The van der Waals surface area contributed by atoms with Crippen molar-refractivity contribution in [1.82, 2.24) is 10.2 Å². The summed E-state index contributed by atoms with van der Waals surface area (Å²) in [6.45, 7) is 3.30. The van der Waals surface area contributed by atoms with Gasteiger partial charge < -0.3 is 4.90 Å². The predicted molar refractivity (Wildman–Crippen MR) is 60.5 cm³/mol. The number of aryl methyl sites for hydroxylation is 1. The molecule has 1 aromatic rings. The van der Waals surface area contributed by atoms with Crippen LogP contribution in [0.3, 0.4) is 0 Å². The molecule has 0 aromatic carbocycles. The van der Waals surface area contributed by atoms with Gasteiger partial charge in [0.15, 0.2) is 0 Å². The van der Waals surface area contributed by atoms with Gasteiger partial charge in [0.1, 0.15) is 5.01 Å². The van der Waals surface area contributed by atoms with Gasteiger partial charge in [0.25, 0.3) is 0 Å². The largest absolute Gasteiger partial charge is 0.345 e. The number of rotatable bonds is 5. The normalized spacial score (nSPS) is 9.27. The fourth-order valence-electron chi connectivity index (χ4n) is 1.10. The standard InChI is InChI=1S/C10H12N4S/c1-3-4-7-14(8-5-6-11)10-13-12-9(2)15-10/h1H,4-5,7-8H2,2H3. The Morgan fingerprint density at radius 2 is 2.13 bits per heavy atom. The van der Waals surface area contributed by atoms with Crippen molar-refractivity contribution in [2.75, 3.05) is 18.0 Å². The molecule has 4 nitrogen and oxygen atoms in total. The highest BCUT2D eigenvalue weighted by Crippen LogP contribution is 2.19. The lowest BCUT2D eigenvalue weighted by molar-refractivity contribution is 0.786. The minimum absolute atomic E-state index is 0.475. The molecule has 0 unspecified atom stereocenters. The zero-order valence-corrected chi connectivity index (χ0v) is 9.42. The summed E-state index contributed by atoms with van der Waals surface area (Å²) >= 11 is 1.52. The minimum atomic E-state index is 0.475. The molecule has 0 aliphatic carbocycles. The molecule has 0 N–H and O–H groups in total. The van der Waals surface area contributed by atoms with Gasteiger partial charge in [0, 0.05) is 19.5 Å². The molecule has 0 saturated carbocycles. The lowest BCUT2D eigenvalue weighted by Gasteiger charge is -2.18. The van der Waals surface area contributed by atoms with Gasteiger partial charge in [-0.3, -0.25) is 0 Å². The van der Waals surface area contributed by atoms with E-state index in [9.17, 15) is 0 Å². The average molecular weight is 220 g/mol. The van der Waals surface area contributed by atoms with E-state index in [1.54, 1.807) is 0 Å². The Morgan fingerprint density at radius 1 is 1.40 bits per heavy atom. The van der Waals surface area contributed by atoms with E-state index in [0.29, 0.717) is 19.4 Å². The molecule has 78 valence electrons. The van der Waals surface area contributed by atoms with Gasteiger partial charge >= 0.3 is 0 Å². The summed E-state index contributed by atoms with van der Waals surface area (Å²) in [5.74, 6) is 2.58. The van der Waals surface area contributed by atoms with Gasteiger partial charge in [-0.05, 0) is 6.92 Å². The number of anilines is 1. The van der Waals surface area contributed by atoms with Crippen LogP contribution in [0.4, 0.5) is 5.13 Å². The van der Waals surface area contributed by atoms with Crippen LogP contribution >= 0.6 is 11.3 Å². The number of terminal acetylenes is 1. The van der Waals surface area contributed by atoms with E-state index in [0.717, 1.165) is 16.7 Å². The average Bonchev–Trinajstić information content (AvgIpc) is 2.65. The van der Waals surface area contributed by atoms with Crippen molar-refractivity contribution in [1.29, 1.82) is 5.26 Å². The van der Waals surface area contributed by atoms with Crippen LogP contribution in [0, 0.1) is 30.6 Å². The van der Waals surface area contributed by atoms with Crippen molar-refractivity contribution in [3.63, 3.8) is 0 Å². The van der Waals surface area contributed by atoms with Crippen LogP contribution < -0.4 is 4.90 Å². The number of nitrogens with zero attached hydrogens (tertiary/aromatic N) is 4. The first-order valence-corrected chi connectivity index (χ1v) is 5.45. The molecular weight excluding hydrogens is 208 g/mol. The van der Waals surface area contributed by atoms with E-state index in [1.165, 1.54) is 11.3 Å². The summed E-state index contributed by atoms with van der Waals surface area (Å²) in [6, 6.07) is 2.11. The SMILES string of the molecule is C#CCCN(CCC#N)c1nnc(C)s1. The molecule has 1 aromatic heterocycles. The highest BCUT2D eigenvalue weighted by atomic mass is 32.1. The fourth-order valence-corrected chi connectivity index (χ4v) is 1.84. The van der Waals surface area contributed by atoms with E-state index in [-0.39, 0.29) is 0 Å². The topological polar surface area (TPSA) is 52.8 Å². The molecule has 0 aliphatic heterocycles. The third-order valence-electron chi connectivity index (χ3n) is 1.81. The first-order valence-electron chi connectivity index (χ1n) is 4.63. The van der Waals surface area contributed by atoms with E-state index in [4.69, 9.17) is 11.7 Å². The third-order valence-corrected chi connectivity index (χ3v) is 2.70. The van der Waals surface area contributed by atoms with Crippen LogP contribution in [0.5, 0.6) is 0 Å². The Morgan fingerprint density at radius 3 is 2.67 bits per heavy atom. The molecule has 5 heteroatoms. The Labute approximate surface area is 93.6 Å². The summed E-state index contributed by atoms with van der Waals surface area (Å²) in [4.78, 5) is 2.01. The van der Waals surface area contributed by atoms with Gasteiger partial charge in [0.2, 0.25) is 5.13 Å². The monoisotopic (exact) mass is 220 g/mol. The van der Waals surface area contributed by atoms with Crippen molar-refractivity contribution < 1.29 is 0 Å². The van der Waals surface area contributed by atoms with Crippen molar-refractivity contribution >= 4 is 16.5 Å². The predicted octanol–water partition coefficient (Wildman–Crippen LogP) is 1.59. The van der Waals surface area contributed by atoms with Crippen LogP contribution in [0.1, 0.15) is 17.8 Å². The first kappa shape index (κ1) is 11.5. The molecule has 1 rings (SSSR count). The Hall–Kier alpha value is -1.59. The van der Waals surface area contributed by atoms with Gasteiger partial charge in [-0.2, -0.15) is 5.26 Å². The van der Waals surface area contributed by atoms with Gasteiger partial charge in [0.05, 0.1) is 12.5 Å². The summed E-state index contributed by atoms with van der Waals surface area (Å²) in [5.41, 5.74) is 0. The molecule has 0 bridgehead atoms. The second-order valence-electron chi connectivity index (χ2n) is 2.95. The highest BCUT2D eigenvalue weighted by Gasteiger charge is 2.09. The second kappa shape index (κ2) is 6.00. The molecular formula is C10H12N4S. The molecule has 0 amide bonds. The van der Waals surface area contributed by atoms with Crippen LogP contribution in [-0.4, -0.2) is 23.3 Å². The minimum Gasteiger partial charge on any atom is -0.345 e. The molecule has 0 saturated heterocycles. The number of hydrogen-bond donors (Lipinski definition) is 0. The Bertz CT molecular complexity index is 367. The maximum atomic E-state index is 8.54. The van der Waals surface area contributed by atoms with Crippen molar-refractivity contribution in [3.05, 3.63) is 5.01 Å². The van der Waals surface area contributed by atoms with Gasteiger partial charge in [-0.15, -0.1) is 22.5 Å². The summed E-state index contributed by atoms with van der Waals surface area (Å²) in [6.07, 6.45) is 6.35. The number of nitriles is 1. The van der Waals surface area contributed by atoms with Crippen molar-refractivity contribution in [2.24, 2.45) is 0 Å². The van der Waals surface area contributed by atoms with Crippen LogP contribution in [0.25, 0.3) is 0 Å². The van der Waals surface area contributed by atoms with E-state index in [2.05, 4.69) is 22.2 Å². The van der Waals surface area contributed by atoms with Gasteiger partial charge in [-0.1, -0.05) is 11.3 Å². The molecule has 0 radical (unpaired) electrons. The Kier molecular flexibility index (Phi) is 4.59. The second-order valence-corrected chi connectivity index (χ2v) is 4.11. The quantitative estimate of drug-likeness (QED) is 0.707. The van der Waals surface area contributed by atoms with E-state index in [1.807, 2.05) is 11.8 Å². The summed E-state index contributed by atoms with van der Waals surface area (Å²) in [7, 11) is 0. The smallest absolute Gasteiger partial charge is 0.208 e. The first-order chi connectivity index (χ1) is 7.27. The highest BCUT2D eigenvalue weighted by molar-refractivity contribution is 7.15. The maximum absolute atomic E-state index is 8.54. The lowest BCUT2D eigenvalue weighted by Crippen LogP contribution is -2.25. The molecule has 0 aliphatic rings. The van der Waals surface area contributed by atoms with Crippen LogP contribution in [0.15, 0.2) is 0 Å². The zero-order chi connectivity index (χ0) is 11.1. The van der Waals surface area contributed by atoms with Crippen LogP contribution in [0.2, 0.25) is 0 Å². The Balaban J connectivity index is 2.64. The molecule has 0 spiro atoms. The molecule has 0 atom stereocenters. The van der Waals surface area contributed by atoms with Crippen molar-refractivity contribution in [3.8, 4) is 18.4 Å². The lowest BCUT2D eigenvalue weighted by atomic mass is 10.3. The van der Waals surface area contributed by atoms with E-state index < -0.39 is 0 Å². The van der Waals surface area contributed by atoms with Crippen molar-refractivity contribution in [2.45, 2.75) is 19.8 Å². The van der Waals surface area contributed by atoms with Gasteiger partial charge in [-0.25, -0.2) is 0 Å².